The van der Waals surface area contributed by atoms with Crippen molar-refractivity contribution in [3.8, 4) is 0 Å². The molecule has 1 fully saturated rings. The molecular formula is C18H21ClN2O3S. The lowest BCUT2D eigenvalue weighted by Crippen LogP contribution is -2.43. The highest BCUT2D eigenvalue weighted by molar-refractivity contribution is 7.89. The van der Waals surface area contributed by atoms with E-state index in [4.69, 9.17) is 16.3 Å². The fourth-order valence-corrected chi connectivity index (χ4v) is 4.59. The standard InChI is InChI=1S/C18H21ClN2O3S/c19-16-8-4-5-9-18(16)25(22,23)20-17(15-6-2-1-3-7-15)14-21-10-12-24-13-11-21/h1-9,17,20H,10-14H2. The van der Waals surface area contributed by atoms with Crippen molar-refractivity contribution in [2.45, 2.75) is 10.9 Å². The molecule has 1 saturated heterocycles. The number of rotatable bonds is 6. The van der Waals surface area contributed by atoms with Crippen LogP contribution in [0, 0.1) is 0 Å². The van der Waals surface area contributed by atoms with Crippen LogP contribution >= 0.6 is 11.6 Å². The van der Waals surface area contributed by atoms with Gasteiger partial charge in [0.15, 0.2) is 0 Å². The van der Waals surface area contributed by atoms with Gasteiger partial charge in [-0.05, 0) is 17.7 Å². The topological polar surface area (TPSA) is 58.6 Å². The monoisotopic (exact) mass is 380 g/mol. The van der Waals surface area contributed by atoms with E-state index in [0.29, 0.717) is 19.8 Å². The zero-order chi connectivity index (χ0) is 17.7. The molecule has 2 aromatic rings. The minimum Gasteiger partial charge on any atom is -0.379 e. The van der Waals surface area contributed by atoms with Crippen LogP contribution in [0.2, 0.25) is 5.02 Å². The highest BCUT2D eigenvalue weighted by Crippen LogP contribution is 2.24. The van der Waals surface area contributed by atoms with Gasteiger partial charge in [-0.3, -0.25) is 4.90 Å². The molecule has 1 unspecified atom stereocenters. The minimum atomic E-state index is -3.73. The van der Waals surface area contributed by atoms with Gasteiger partial charge < -0.3 is 4.74 Å². The van der Waals surface area contributed by atoms with Crippen LogP contribution in [0.25, 0.3) is 0 Å². The van der Waals surface area contributed by atoms with Crippen LogP contribution in [0.15, 0.2) is 59.5 Å². The predicted octanol–water partition coefficient (Wildman–Crippen LogP) is 2.69. The van der Waals surface area contributed by atoms with Gasteiger partial charge in [0.2, 0.25) is 10.0 Å². The van der Waals surface area contributed by atoms with E-state index in [1.165, 1.54) is 6.07 Å². The number of halogens is 1. The molecule has 0 aliphatic carbocycles. The number of nitrogens with one attached hydrogen (secondary N) is 1. The molecule has 1 aliphatic heterocycles. The van der Waals surface area contributed by atoms with Gasteiger partial charge in [-0.25, -0.2) is 13.1 Å². The van der Waals surface area contributed by atoms with Gasteiger partial charge in [0, 0.05) is 19.6 Å². The van der Waals surface area contributed by atoms with E-state index < -0.39 is 10.0 Å². The van der Waals surface area contributed by atoms with Gasteiger partial charge in [-0.1, -0.05) is 54.1 Å². The summed E-state index contributed by atoms with van der Waals surface area (Å²) in [6.45, 7) is 3.49. The summed E-state index contributed by atoms with van der Waals surface area (Å²) in [7, 11) is -3.73. The Kier molecular flexibility index (Phi) is 6.09. The number of hydrogen-bond acceptors (Lipinski definition) is 4. The predicted molar refractivity (Wildman–Crippen MR) is 98.2 cm³/mol. The van der Waals surface area contributed by atoms with Gasteiger partial charge in [-0.15, -0.1) is 0 Å². The molecule has 1 aliphatic rings. The molecule has 1 N–H and O–H groups in total. The summed E-state index contributed by atoms with van der Waals surface area (Å²) in [4.78, 5) is 2.30. The normalized spacial score (nSPS) is 17.3. The van der Waals surface area contributed by atoms with Crippen molar-refractivity contribution in [3.05, 3.63) is 65.2 Å². The third-order valence-corrected chi connectivity index (χ3v) is 6.14. The molecule has 5 nitrogen and oxygen atoms in total. The molecule has 0 amide bonds. The Balaban J connectivity index is 1.85. The van der Waals surface area contributed by atoms with Crippen molar-refractivity contribution in [1.29, 1.82) is 0 Å². The first-order valence-electron chi connectivity index (χ1n) is 8.18. The van der Waals surface area contributed by atoms with E-state index in [9.17, 15) is 8.42 Å². The number of morpholine rings is 1. The second-order valence-electron chi connectivity index (χ2n) is 5.93. The first-order valence-corrected chi connectivity index (χ1v) is 10.0. The quantitative estimate of drug-likeness (QED) is 0.837. The molecule has 0 saturated carbocycles. The summed E-state index contributed by atoms with van der Waals surface area (Å²) in [6, 6.07) is 15.7. The molecule has 1 heterocycles. The molecular weight excluding hydrogens is 360 g/mol. The minimum absolute atomic E-state index is 0.0968. The molecule has 7 heteroatoms. The second-order valence-corrected chi connectivity index (χ2v) is 8.02. The molecule has 134 valence electrons. The van der Waals surface area contributed by atoms with Crippen LogP contribution in [-0.2, 0) is 14.8 Å². The number of hydrogen-bond donors (Lipinski definition) is 1. The van der Waals surface area contributed by atoms with E-state index in [-0.39, 0.29) is 16.0 Å². The Labute approximate surface area is 153 Å². The molecule has 0 radical (unpaired) electrons. The fraction of sp³-hybridized carbons (Fsp3) is 0.333. The lowest BCUT2D eigenvalue weighted by Gasteiger charge is -2.31. The van der Waals surface area contributed by atoms with E-state index in [1.807, 2.05) is 30.3 Å². The molecule has 3 rings (SSSR count). The lowest BCUT2D eigenvalue weighted by molar-refractivity contribution is 0.0345. The van der Waals surface area contributed by atoms with Crippen LogP contribution in [0.3, 0.4) is 0 Å². The number of sulfonamides is 1. The zero-order valence-corrected chi connectivity index (χ0v) is 15.3. The highest BCUT2D eigenvalue weighted by atomic mass is 35.5. The maximum atomic E-state index is 12.8. The van der Waals surface area contributed by atoms with E-state index in [1.54, 1.807) is 18.2 Å². The van der Waals surface area contributed by atoms with Crippen LogP contribution in [0.5, 0.6) is 0 Å². The molecule has 2 aromatic carbocycles. The number of benzene rings is 2. The maximum Gasteiger partial charge on any atom is 0.242 e. The van der Waals surface area contributed by atoms with Gasteiger partial charge in [0.1, 0.15) is 4.90 Å². The average Bonchev–Trinajstić information content (AvgIpc) is 2.63. The number of nitrogens with zero attached hydrogens (tertiary/aromatic N) is 1. The first-order chi connectivity index (χ1) is 12.1. The second kappa shape index (κ2) is 8.29. The summed E-state index contributed by atoms with van der Waals surface area (Å²) < 4.78 is 33.9. The largest absolute Gasteiger partial charge is 0.379 e. The summed E-state index contributed by atoms with van der Waals surface area (Å²) >= 11 is 6.08. The van der Waals surface area contributed by atoms with Crippen LogP contribution in [-0.4, -0.2) is 46.2 Å². The van der Waals surface area contributed by atoms with Gasteiger partial charge in [0.05, 0.1) is 24.3 Å². The van der Waals surface area contributed by atoms with Crippen LogP contribution in [0.1, 0.15) is 11.6 Å². The van der Waals surface area contributed by atoms with Crippen molar-refractivity contribution in [2.75, 3.05) is 32.8 Å². The Morgan fingerprint density at radius 1 is 1.04 bits per heavy atom. The molecule has 1 atom stereocenters. The Morgan fingerprint density at radius 2 is 1.68 bits per heavy atom. The third-order valence-electron chi connectivity index (χ3n) is 4.17. The van der Waals surface area contributed by atoms with Crippen LogP contribution < -0.4 is 4.72 Å². The summed E-state index contributed by atoms with van der Waals surface area (Å²) in [5, 5.41) is 0.216. The van der Waals surface area contributed by atoms with Crippen molar-refractivity contribution < 1.29 is 13.2 Å². The van der Waals surface area contributed by atoms with Crippen molar-refractivity contribution >= 4 is 21.6 Å². The number of ether oxygens (including phenoxy) is 1. The smallest absolute Gasteiger partial charge is 0.242 e. The molecule has 0 aromatic heterocycles. The SMILES string of the molecule is O=S(=O)(NC(CN1CCOCC1)c1ccccc1)c1ccccc1Cl. The average molecular weight is 381 g/mol. The molecule has 0 spiro atoms. The Hall–Kier alpha value is -1.44. The lowest BCUT2D eigenvalue weighted by atomic mass is 10.1. The highest BCUT2D eigenvalue weighted by Gasteiger charge is 2.25. The molecule has 25 heavy (non-hydrogen) atoms. The van der Waals surface area contributed by atoms with Gasteiger partial charge >= 0.3 is 0 Å². The summed E-state index contributed by atoms with van der Waals surface area (Å²) in [5.74, 6) is 0. The fourth-order valence-electron chi connectivity index (χ4n) is 2.85. The first kappa shape index (κ1) is 18.4. The molecule has 0 bridgehead atoms. The van der Waals surface area contributed by atoms with Gasteiger partial charge in [0.25, 0.3) is 0 Å². The van der Waals surface area contributed by atoms with E-state index in [2.05, 4.69) is 9.62 Å². The zero-order valence-electron chi connectivity index (χ0n) is 13.8. The Morgan fingerprint density at radius 3 is 2.36 bits per heavy atom. The van der Waals surface area contributed by atoms with Crippen molar-refractivity contribution in [2.24, 2.45) is 0 Å². The van der Waals surface area contributed by atoms with E-state index >= 15 is 0 Å². The third kappa shape index (κ3) is 4.80. The maximum absolute atomic E-state index is 12.8. The summed E-state index contributed by atoms with van der Waals surface area (Å²) in [6.07, 6.45) is 0. The van der Waals surface area contributed by atoms with Gasteiger partial charge in [-0.2, -0.15) is 0 Å². The van der Waals surface area contributed by atoms with Crippen LogP contribution in [0.4, 0.5) is 0 Å². The van der Waals surface area contributed by atoms with Crippen molar-refractivity contribution in [3.63, 3.8) is 0 Å². The Bertz CT molecular complexity index is 793. The van der Waals surface area contributed by atoms with E-state index in [0.717, 1.165) is 18.7 Å². The summed E-state index contributed by atoms with van der Waals surface area (Å²) in [5.41, 5.74) is 0.921. The van der Waals surface area contributed by atoms with Crippen molar-refractivity contribution in [1.82, 2.24) is 9.62 Å².